The van der Waals surface area contributed by atoms with Gasteiger partial charge in [0, 0.05) is 19.4 Å². The lowest BCUT2D eigenvalue weighted by Gasteiger charge is -2.25. The molecule has 0 saturated heterocycles. The van der Waals surface area contributed by atoms with Crippen LogP contribution in [0.3, 0.4) is 0 Å². The van der Waals surface area contributed by atoms with Crippen molar-refractivity contribution in [3.05, 3.63) is 29.8 Å². The van der Waals surface area contributed by atoms with Gasteiger partial charge in [-0.2, -0.15) is 11.8 Å². The molecule has 4 unspecified atom stereocenters. The summed E-state index contributed by atoms with van der Waals surface area (Å²) in [7, 11) is 0. The highest BCUT2D eigenvalue weighted by molar-refractivity contribution is 7.98. The minimum atomic E-state index is -1.30. The molecule has 0 aliphatic rings. The Kier molecular flexibility index (Phi) is 15.6. The summed E-state index contributed by atoms with van der Waals surface area (Å²) >= 11 is 1.42. The van der Waals surface area contributed by atoms with Crippen LogP contribution in [0.1, 0.15) is 37.7 Å². The van der Waals surface area contributed by atoms with Gasteiger partial charge in [-0.25, -0.2) is 4.79 Å². The second-order valence-corrected chi connectivity index (χ2v) is 10.1. The number of thioether (sulfide) groups is 1. The topological polar surface area (TPSA) is 273 Å². The molecule has 1 aromatic carbocycles. The van der Waals surface area contributed by atoms with E-state index in [2.05, 4.69) is 20.9 Å². The van der Waals surface area contributed by atoms with Gasteiger partial charge < -0.3 is 48.5 Å². The molecule has 0 aromatic heterocycles. The number of hydrogen-bond donors (Lipinski definition) is 9. The number of benzene rings is 1. The smallest absolute Gasteiger partial charge is 0.326 e. The van der Waals surface area contributed by atoms with Gasteiger partial charge in [-0.1, -0.05) is 12.1 Å². The Hall–Kier alpha value is -4.05. The predicted molar refractivity (Wildman–Crippen MR) is 153 cm³/mol. The van der Waals surface area contributed by atoms with Crippen LogP contribution in [0.15, 0.2) is 29.3 Å². The van der Waals surface area contributed by atoms with Crippen LogP contribution >= 0.6 is 11.8 Å². The van der Waals surface area contributed by atoms with E-state index in [0.29, 0.717) is 11.3 Å². The fourth-order valence-corrected chi connectivity index (χ4v) is 4.05. The number of guanidine groups is 1. The minimum Gasteiger partial charge on any atom is -0.508 e. The number of aliphatic imine (C=N–C) groups is 1. The number of amides is 3. The lowest BCUT2D eigenvalue weighted by Crippen LogP contribution is -2.57. The zero-order chi connectivity index (χ0) is 30.9. The van der Waals surface area contributed by atoms with E-state index >= 15 is 0 Å². The molecule has 0 radical (unpaired) electrons. The fraction of sp³-hybridized carbons (Fsp3) is 0.520. The zero-order valence-electron chi connectivity index (χ0n) is 22.7. The normalized spacial score (nSPS) is 13.6. The number of rotatable bonds is 19. The molecule has 41 heavy (non-hydrogen) atoms. The van der Waals surface area contributed by atoms with Crippen molar-refractivity contribution in [3.8, 4) is 5.75 Å². The third kappa shape index (κ3) is 14.2. The molecule has 0 bridgehead atoms. The SMILES string of the molecule is CSCCC(NC(=O)C(N)CCC(=O)O)C(=O)NC(Cc1ccc(O)cc1)C(=O)NC(CCCN=C(N)N)C(=O)O. The van der Waals surface area contributed by atoms with Crippen molar-refractivity contribution in [3.63, 3.8) is 0 Å². The molecule has 3 amide bonds. The molecule has 0 spiro atoms. The average molecular weight is 598 g/mol. The van der Waals surface area contributed by atoms with Gasteiger partial charge in [0.25, 0.3) is 0 Å². The average Bonchev–Trinajstić information content (AvgIpc) is 2.91. The van der Waals surface area contributed by atoms with Crippen molar-refractivity contribution in [1.82, 2.24) is 16.0 Å². The Labute approximate surface area is 241 Å². The molecular formula is C25H39N7O8S. The number of carbonyl (C=O) groups excluding carboxylic acids is 3. The number of phenols is 1. The third-order valence-corrected chi connectivity index (χ3v) is 6.46. The Morgan fingerprint density at radius 1 is 0.878 bits per heavy atom. The molecule has 0 aliphatic heterocycles. The summed E-state index contributed by atoms with van der Waals surface area (Å²) in [6.07, 6.45) is 1.73. The highest BCUT2D eigenvalue weighted by atomic mass is 32.2. The van der Waals surface area contributed by atoms with E-state index in [0.717, 1.165) is 0 Å². The van der Waals surface area contributed by atoms with Crippen LogP contribution in [0, 0.1) is 0 Å². The number of hydrogen-bond acceptors (Lipinski definition) is 9. The Morgan fingerprint density at radius 3 is 2.02 bits per heavy atom. The monoisotopic (exact) mass is 597 g/mol. The van der Waals surface area contributed by atoms with Crippen molar-refractivity contribution < 1.29 is 39.3 Å². The number of carboxylic acids is 2. The zero-order valence-corrected chi connectivity index (χ0v) is 23.6. The van der Waals surface area contributed by atoms with E-state index < -0.39 is 53.8 Å². The summed E-state index contributed by atoms with van der Waals surface area (Å²) in [6.45, 7) is 0.154. The van der Waals surface area contributed by atoms with Gasteiger partial charge in [0.15, 0.2) is 5.96 Å². The van der Waals surface area contributed by atoms with Crippen LogP contribution in [0.2, 0.25) is 0 Å². The predicted octanol–water partition coefficient (Wildman–Crippen LogP) is -1.53. The molecule has 1 rings (SSSR count). The minimum absolute atomic E-state index is 0.00965. The number of aliphatic carboxylic acids is 2. The molecule has 0 heterocycles. The molecule has 0 fully saturated rings. The van der Waals surface area contributed by atoms with E-state index in [1.54, 1.807) is 18.4 Å². The van der Waals surface area contributed by atoms with E-state index in [-0.39, 0.29) is 56.8 Å². The Balaban J connectivity index is 3.10. The largest absolute Gasteiger partial charge is 0.508 e. The summed E-state index contributed by atoms with van der Waals surface area (Å²) in [5.41, 5.74) is 16.9. The van der Waals surface area contributed by atoms with E-state index in [1.165, 1.54) is 23.9 Å². The first-order valence-corrected chi connectivity index (χ1v) is 14.2. The van der Waals surface area contributed by atoms with Crippen molar-refractivity contribution >= 4 is 47.4 Å². The first-order valence-electron chi connectivity index (χ1n) is 12.8. The van der Waals surface area contributed by atoms with Crippen molar-refractivity contribution in [2.75, 3.05) is 18.6 Å². The highest BCUT2D eigenvalue weighted by Gasteiger charge is 2.30. The lowest BCUT2D eigenvalue weighted by molar-refractivity contribution is -0.142. The van der Waals surface area contributed by atoms with Crippen LogP contribution in [0.5, 0.6) is 5.75 Å². The van der Waals surface area contributed by atoms with Crippen LogP contribution in [-0.4, -0.2) is 93.7 Å². The quantitative estimate of drug-likeness (QED) is 0.0499. The molecule has 1 aromatic rings. The maximum atomic E-state index is 13.3. The summed E-state index contributed by atoms with van der Waals surface area (Å²) in [6, 6.07) is 1.07. The lowest BCUT2D eigenvalue weighted by atomic mass is 10.0. The van der Waals surface area contributed by atoms with Gasteiger partial charge in [0.05, 0.1) is 6.04 Å². The van der Waals surface area contributed by atoms with Crippen LogP contribution in [-0.2, 0) is 30.4 Å². The highest BCUT2D eigenvalue weighted by Crippen LogP contribution is 2.13. The fourth-order valence-electron chi connectivity index (χ4n) is 3.58. The molecule has 0 saturated carbocycles. The molecule has 0 aliphatic carbocycles. The second kappa shape index (κ2) is 18.3. The van der Waals surface area contributed by atoms with Gasteiger partial charge in [0.2, 0.25) is 17.7 Å². The standard InChI is InChI=1S/C25H39N7O8S/c1-41-12-10-17(30-21(36)16(26)8-9-20(34)35)22(37)32-19(13-14-4-6-15(33)7-5-14)23(38)31-18(24(39)40)3-2-11-29-25(27)28/h4-7,16-19,33H,2-3,8-13,26H2,1H3,(H,30,36)(H,31,38)(H,32,37)(H,34,35)(H,39,40)(H4,27,28,29). The van der Waals surface area contributed by atoms with Gasteiger partial charge in [-0.3, -0.25) is 24.2 Å². The van der Waals surface area contributed by atoms with Crippen LogP contribution in [0.25, 0.3) is 0 Å². The number of nitrogens with zero attached hydrogens (tertiary/aromatic N) is 1. The van der Waals surface area contributed by atoms with E-state index in [9.17, 15) is 34.2 Å². The summed E-state index contributed by atoms with van der Waals surface area (Å²) in [5, 5.41) is 35.6. The van der Waals surface area contributed by atoms with Crippen molar-refractivity contribution in [2.24, 2.45) is 22.2 Å². The molecular weight excluding hydrogens is 558 g/mol. The van der Waals surface area contributed by atoms with Crippen LogP contribution in [0.4, 0.5) is 0 Å². The van der Waals surface area contributed by atoms with Crippen molar-refractivity contribution in [1.29, 1.82) is 0 Å². The number of nitrogens with two attached hydrogens (primary N) is 3. The Morgan fingerprint density at radius 2 is 1.46 bits per heavy atom. The number of carboxylic acid groups (broad SMARTS) is 2. The maximum Gasteiger partial charge on any atom is 0.326 e. The molecule has 12 N–H and O–H groups in total. The number of phenolic OH excluding ortho intramolecular Hbond substituents is 1. The van der Waals surface area contributed by atoms with Crippen molar-refractivity contribution in [2.45, 2.75) is 62.7 Å². The molecule has 16 heteroatoms. The molecule has 228 valence electrons. The van der Waals surface area contributed by atoms with Gasteiger partial charge in [-0.05, 0) is 55.4 Å². The van der Waals surface area contributed by atoms with E-state index in [1.807, 2.05) is 0 Å². The first kappa shape index (κ1) is 35.0. The van der Waals surface area contributed by atoms with E-state index in [4.69, 9.17) is 22.3 Å². The summed E-state index contributed by atoms with van der Waals surface area (Å²) in [5.74, 6) is -4.33. The molecule has 15 nitrogen and oxygen atoms in total. The molecule has 4 atom stereocenters. The number of aromatic hydroxyl groups is 1. The number of carbonyl (C=O) groups is 5. The summed E-state index contributed by atoms with van der Waals surface area (Å²) < 4.78 is 0. The number of nitrogens with one attached hydrogen (secondary N) is 3. The first-order chi connectivity index (χ1) is 19.3. The maximum absolute atomic E-state index is 13.3. The van der Waals surface area contributed by atoms with Crippen LogP contribution < -0.4 is 33.2 Å². The second-order valence-electron chi connectivity index (χ2n) is 9.16. The third-order valence-electron chi connectivity index (χ3n) is 5.82. The van der Waals surface area contributed by atoms with Gasteiger partial charge in [0.1, 0.15) is 23.9 Å². The summed E-state index contributed by atoms with van der Waals surface area (Å²) in [4.78, 5) is 65.5. The van der Waals surface area contributed by atoms with Gasteiger partial charge >= 0.3 is 11.9 Å². The van der Waals surface area contributed by atoms with Gasteiger partial charge in [-0.15, -0.1) is 0 Å². The Bertz CT molecular complexity index is 1070.